The van der Waals surface area contributed by atoms with Gasteiger partial charge in [-0.1, -0.05) is 31.0 Å². The van der Waals surface area contributed by atoms with Crippen LogP contribution < -0.4 is 5.73 Å². The molecule has 0 saturated heterocycles. The standard InChI is InChI=1S/C9H16N4S/c10-7-4-2-1-3-5-8(7)14-9-11-6-12-13-9/h6-8H,1-5,10H2,(H,11,12,13). The number of thioether (sulfide) groups is 1. The Labute approximate surface area is 88.1 Å². The van der Waals surface area contributed by atoms with Gasteiger partial charge in [-0.2, -0.15) is 5.10 Å². The van der Waals surface area contributed by atoms with Gasteiger partial charge in [0.25, 0.3) is 0 Å². The number of nitrogens with zero attached hydrogens (tertiary/aromatic N) is 2. The summed E-state index contributed by atoms with van der Waals surface area (Å²) >= 11 is 1.74. The maximum atomic E-state index is 6.11. The van der Waals surface area contributed by atoms with Crippen molar-refractivity contribution in [2.24, 2.45) is 5.73 Å². The number of aromatic nitrogens is 3. The fraction of sp³-hybridized carbons (Fsp3) is 0.778. The molecule has 1 aromatic rings. The van der Waals surface area contributed by atoms with Crippen LogP contribution in [0.15, 0.2) is 11.5 Å². The predicted octanol–water partition coefficient (Wildman–Crippen LogP) is 1.56. The number of nitrogens with one attached hydrogen (secondary N) is 1. The zero-order valence-corrected chi connectivity index (χ0v) is 8.96. The van der Waals surface area contributed by atoms with Crippen molar-refractivity contribution in [2.45, 2.75) is 48.6 Å². The van der Waals surface area contributed by atoms with Crippen LogP contribution in [-0.2, 0) is 0 Å². The minimum absolute atomic E-state index is 0.313. The molecule has 14 heavy (non-hydrogen) atoms. The smallest absolute Gasteiger partial charge is 0.183 e. The highest BCUT2D eigenvalue weighted by Gasteiger charge is 2.22. The van der Waals surface area contributed by atoms with Gasteiger partial charge >= 0.3 is 0 Å². The Balaban J connectivity index is 1.94. The van der Waals surface area contributed by atoms with Crippen molar-refractivity contribution < 1.29 is 0 Å². The zero-order valence-electron chi connectivity index (χ0n) is 8.15. The Morgan fingerprint density at radius 1 is 1.36 bits per heavy atom. The van der Waals surface area contributed by atoms with Crippen LogP contribution in [0.1, 0.15) is 32.1 Å². The second kappa shape index (κ2) is 4.79. The van der Waals surface area contributed by atoms with E-state index in [2.05, 4.69) is 15.2 Å². The quantitative estimate of drug-likeness (QED) is 0.730. The average Bonchev–Trinajstić information content (AvgIpc) is 2.60. The lowest BCUT2D eigenvalue weighted by atomic mass is 10.1. The van der Waals surface area contributed by atoms with E-state index in [1.165, 1.54) is 25.7 Å². The van der Waals surface area contributed by atoms with E-state index in [0.29, 0.717) is 11.3 Å². The summed E-state index contributed by atoms with van der Waals surface area (Å²) < 4.78 is 0. The van der Waals surface area contributed by atoms with Crippen molar-refractivity contribution in [3.63, 3.8) is 0 Å². The van der Waals surface area contributed by atoms with Gasteiger partial charge in [-0.25, -0.2) is 4.98 Å². The number of hydrogen-bond acceptors (Lipinski definition) is 4. The first-order valence-electron chi connectivity index (χ1n) is 5.14. The van der Waals surface area contributed by atoms with Crippen LogP contribution in [-0.4, -0.2) is 26.5 Å². The van der Waals surface area contributed by atoms with Crippen LogP contribution >= 0.6 is 11.8 Å². The molecule has 1 aliphatic carbocycles. The number of H-pyrrole nitrogens is 1. The first-order chi connectivity index (χ1) is 6.86. The molecule has 2 unspecified atom stereocenters. The maximum Gasteiger partial charge on any atom is 0.183 e. The minimum atomic E-state index is 0.313. The molecule has 0 bridgehead atoms. The summed E-state index contributed by atoms with van der Waals surface area (Å²) in [6, 6.07) is 0.313. The summed E-state index contributed by atoms with van der Waals surface area (Å²) in [5, 5.41) is 8.11. The van der Waals surface area contributed by atoms with Gasteiger partial charge in [-0.3, -0.25) is 5.10 Å². The van der Waals surface area contributed by atoms with Gasteiger partial charge in [0.2, 0.25) is 0 Å². The molecule has 0 amide bonds. The Morgan fingerprint density at radius 2 is 2.21 bits per heavy atom. The van der Waals surface area contributed by atoms with E-state index >= 15 is 0 Å². The fourth-order valence-corrected chi connectivity index (χ4v) is 2.94. The third-order valence-corrected chi connectivity index (χ3v) is 3.97. The molecule has 0 radical (unpaired) electrons. The first-order valence-corrected chi connectivity index (χ1v) is 6.02. The third kappa shape index (κ3) is 2.48. The van der Waals surface area contributed by atoms with E-state index in [9.17, 15) is 0 Å². The van der Waals surface area contributed by atoms with Crippen molar-refractivity contribution in [3.05, 3.63) is 6.33 Å². The van der Waals surface area contributed by atoms with Crippen molar-refractivity contribution in [3.8, 4) is 0 Å². The molecule has 1 aliphatic rings. The van der Waals surface area contributed by atoms with E-state index in [0.717, 1.165) is 11.6 Å². The summed E-state index contributed by atoms with van der Waals surface area (Å²) in [7, 11) is 0. The molecule has 0 spiro atoms. The molecular weight excluding hydrogens is 196 g/mol. The van der Waals surface area contributed by atoms with Crippen LogP contribution in [0, 0.1) is 0 Å². The van der Waals surface area contributed by atoms with E-state index in [1.54, 1.807) is 18.1 Å². The molecule has 2 atom stereocenters. The van der Waals surface area contributed by atoms with Gasteiger partial charge in [0.15, 0.2) is 5.16 Å². The van der Waals surface area contributed by atoms with Crippen molar-refractivity contribution in [1.29, 1.82) is 0 Å². The fourth-order valence-electron chi connectivity index (χ4n) is 1.84. The Hall–Kier alpha value is -0.550. The van der Waals surface area contributed by atoms with E-state index in [4.69, 9.17) is 5.73 Å². The zero-order chi connectivity index (χ0) is 9.80. The third-order valence-electron chi connectivity index (χ3n) is 2.66. The molecule has 3 N–H and O–H groups in total. The monoisotopic (exact) mass is 212 g/mol. The molecule has 1 saturated carbocycles. The SMILES string of the molecule is NC1CCCCCC1Sc1ncn[nH]1. The normalized spacial score (nSPS) is 28.6. The molecular formula is C9H16N4S. The van der Waals surface area contributed by atoms with Gasteiger partial charge in [0, 0.05) is 11.3 Å². The Kier molecular flexibility index (Phi) is 3.42. The van der Waals surface area contributed by atoms with Crippen LogP contribution in [0.3, 0.4) is 0 Å². The lowest BCUT2D eigenvalue weighted by Gasteiger charge is -2.18. The van der Waals surface area contributed by atoms with Crippen LogP contribution in [0.25, 0.3) is 0 Å². The van der Waals surface area contributed by atoms with Crippen molar-refractivity contribution in [2.75, 3.05) is 0 Å². The lowest BCUT2D eigenvalue weighted by molar-refractivity contribution is 0.595. The van der Waals surface area contributed by atoms with Gasteiger partial charge in [0.05, 0.1) is 0 Å². The minimum Gasteiger partial charge on any atom is -0.327 e. The number of hydrogen-bond donors (Lipinski definition) is 2. The van der Waals surface area contributed by atoms with Crippen LogP contribution in [0.2, 0.25) is 0 Å². The van der Waals surface area contributed by atoms with Crippen molar-refractivity contribution in [1.82, 2.24) is 15.2 Å². The molecule has 1 fully saturated rings. The number of rotatable bonds is 2. The summed E-state index contributed by atoms with van der Waals surface area (Å²) in [5.41, 5.74) is 6.11. The summed E-state index contributed by atoms with van der Waals surface area (Å²) in [5.74, 6) is 0. The highest BCUT2D eigenvalue weighted by Crippen LogP contribution is 2.29. The lowest BCUT2D eigenvalue weighted by Crippen LogP contribution is -2.31. The summed E-state index contributed by atoms with van der Waals surface area (Å²) in [6.07, 6.45) is 7.78. The van der Waals surface area contributed by atoms with Gasteiger partial charge in [-0.15, -0.1) is 0 Å². The molecule has 0 aromatic carbocycles. The average molecular weight is 212 g/mol. The number of aromatic amines is 1. The van der Waals surface area contributed by atoms with E-state index in [-0.39, 0.29) is 0 Å². The van der Waals surface area contributed by atoms with Gasteiger partial charge in [0.1, 0.15) is 6.33 Å². The molecule has 0 aliphatic heterocycles. The molecule has 78 valence electrons. The topological polar surface area (TPSA) is 67.6 Å². The van der Waals surface area contributed by atoms with Crippen molar-refractivity contribution >= 4 is 11.8 Å². The maximum absolute atomic E-state index is 6.11. The second-order valence-electron chi connectivity index (χ2n) is 3.75. The number of nitrogens with two attached hydrogens (primary N) is 1. The highest BCUT2D eigenvalue weighted by atomic mass is 32.2. The van der Waals surface area contributed by atoms with E-state index in [1.807, 2.05) is 0 Å². The summed E-state index contributed by atoms with van der Waals surface area (Å²) in [4.78, 5) is 4.12. The summed E-state index contributed by atoms with van der Waals surface area (Å²) in [6.45, 7) is 0. The van der Waals surface area contributed by atoms with Crippen LogP contribution in [0.5, 0.6) is 0 Å². The van der Waals surface area contributed by atoms with E-state index < -0.39 is 0 Å². The molecule has 1 heterocycles. The second-order valence-corrected chi connectivity index (χ2v) is 4.98. The molecule has 4 nitrogen and oxygen atoms in total. The first kappa shape index (κ1) is 9.98. The highest BCUT2D eigenvalue weighted by molar-refractivity contribution is 7.99. The molecule has 1 aromatic heterocycles. The Bertz CT molecular complexity index is 262. The largest absolute Gasteiger partial charge is 0.327 e. The van der Waals surface area contributed by atoms with Gasteiger partial charge < -0.3 is 5.73 Å². The Morgan fingerprint density at radius 3 is 3.00 bits per heavy atom. The van der Waals surface area contributed by atoms with Gasteiger partial charge in [-0.05, 0) is 12.8 Å². The molecule has 5 heteroatoms. The van der Waals surface area contributed by atoms with Crippen LogP contribution in [0.4, 0.5) is 0 Å². The molecule has 2 rings (SSSR count). The predicted molar refractivity (Wildman–Crippen MR) is 57.1 cm³/mol.